The maximum atomic E-state index is 4.54. The van der Waals surface area contributed by atoms with Gasteiger partial charge in [0.05, 0.1) is 22.9 Å². The molecule has 13 rings (SSSR count). The summed E-state index contributed by atoms with van der Waals surface area (Å²) in [6, 6.07) is 59.3. The summed E-state index contributed by atoms with van der Waals surface area (Å²) >= 11 is 0. The van der Waals surface area contributed by atoms with Crippen molar-refractivity contribution in [1.29, 1.82) is 0 Å². The van der Waals surface area contributed by atoms with Crippen LogP contribution >= 0.6 is 0 Å². The summed E-state index contributed by atoms with van der Waals surface area (Å²) < 4.78 is 2.40. The van der Waals surface area contributed by atoms with Gasteiger partial charge in [0.1, 0.15) is 0 Å². The summed E-state index contributed by atoms with van der Waals surface area (Å²) in [5, 5.41) is 20.8. The van der Waals surface area contributed by atoms with Gasteiger partial charge in [0.25, 0.3) is 0 Å². The molecule has 0 aliphatic heterocycles. The van der Waals surface area contributed by atoms with Crippen molar-refractivity contribution in [1.82, 2.24) is 9.55 Å². The van der Waals surface area contributed by atoms with Gasteiger partial charge in [0.15, 0.2) is 0 Å². The number of rotatable bonds is 3. The van der Waals surface area contributed by atoms with Crippen LogP contribution in [0.15, 0.2) is 170 Å². The molecular weight excluding hydrogens is 641 g/mol. The smallest absolute Gasteiger partial charge is 0.0645 e. The second kappa shape index (κ2) is 9.85. The van der Waals surface area contributed by atoms with Crippen molar-refractivity contribution in [2.24, 2.45) is 0 Å². The van der Waals surface area contributed by atoms with Gasteiger partial charge in [-0.1, -0.05) is 109 Å². The Kier molecular flexibility index (Phi) is 5.14. The first kappa shape index (κ1) is 27.7. The monoisotopic (exact) mass is 668 g/mol. The Labute approximate surface area is 303 Å². The molecule has 0 bridgehead atoms. The highest BCUT2D eigenvalue weighted by Gasteiger charge is 2.22. The van der Waals surface area contributed by atoms with Crippen molar-refractivity contribution in [3.63, 3.8) is 0 Å². The van der Waals surface area contributed by atoms with E-state index in [2.05, 4.69) is 161 Å². The standard InChI is InChI=1S/C51H28N2/c1-4-29-9-13-33-24-37(25-34-14-10-30(5-1)46(29)48(33)34)40-19-21-44-50-42(40)17-18-43-41(20-22-45(51(43)50)53(44)39-8-3-23-52-28-39)38-26-35-15-11-31-6-2-7-32-12-16-36(27-38)49(35)47(31)32/h1-28H. The fraction of sp³-hybridized carbons (Fsp3) is 0. The molecule has 2 nitrogen and oxygen atoms in total. The lowest BCUT2D eigenvalue weighted by molar-refractivity contribution is 1.14. The molecular formula is C51H28N2. The zero-order chi connectivity index (χ0) is 34.4. The van der Waals surface area contributed by atoms with Crippen LogP contribution in [-0.2, 0) is 0 Å². The van der Waals surface area contributed by atoms with E-state index in [1.165, 1.54) is 119 Å². The average Bonchev–Trinajstić information content (AvgIpc) is 3.56. The third-order valence-corrected chi connectivity index (χ3v) is 12.0. The molecule has 0 atom stereocenters. The summed E-state index contributed by atoms with van der Waals surface area (Å²) in [5.41, 5.74) is 8.45. The van der Waals surface area contributed by atoms with E-state index in [-0.39, 0.29) is 0 Å². The van der Waals surface area contributed by atoms with Crippen LogP contribution in [0.2, 0.25) is 0 Å². The molecule has 0 aliphatic carbocycles. The molecule has 11 aromatic carbocycles. The van der Waals surface area contributed by atoms with Crippen LogP contribution in [0, 0.1) is 0 Å². The summed E-state index contributed by atoms with van der Waals surface area (Å²) in [6.45, 7) is 0. The highest BCUT2D eigenvalue weighted by molar-refractivity contribution is 6.30. The first-order chi connectivity index (χ1) is 26.3. The van der Waals surface area contributed by atoms with E-state index in [1.54, 1.807) is 0 Å². The average molecular weight is 669 g/mol. The van der Waals surface area contributed by atoms with Crippen molar-refractivity contribution >= 4 is 97.2 Å². The lowest BCUT2D eigenvalue weighted by Crippen LogP contribution is -1.94. The van der Waals surface area contributed by atoms with Crippen LogP contribution in [0.3, 0.4) is 0 Å². The molecule has 0 aliphatic rings. The van der Waals surface area contributed by atoms with Crippen LogP contribution in [0.4, 0.5) is 0 Å². The lowest BCUT2D eigenvalue weighted by Gasteiger charge is -2.15. The van der Waals surface area contributed by atoms with Gasteiger partial charge >= 0.3 is 0 Å². The molecule has 0 radical (unpaired) electrons. The maximum Gasteiger partial charge on any atom is 0.0645 e. The summed E-state index contributed by atoms with van der Waals surface area (Å²) in [4.78, 5) is 4.54. The summed E-state index contributed by atoms with van der Waals surface area (Å²) in [7, 11) is 0. The van der Waals surface area contributed by atoms with Gasteiger partial charge in [-0.3, -0.25) is 4.98 Å². The highest BCUT2D eigenvalue weighted by Crippen LogP contribution is 2.47. The quantitative estimate of drug-likeness (QED) is 0.171. The summed E-state index contributed by atoms with van der Waals surface area (Å²) in [6.07, 6.45) is 3.83. The number of nitrogens with zero attached hydrogens (tertiary/aromatic N) is 2. The molecule has 0 unspecified atom stereocenters. The van der Waals surface area contributed by atoms with Crippen molar-refractivity contribution in [2.75, 3.05) is 0 Å². The Morgan fingerprint density at radius 1 is 0.340 bits per heavy atom. The first-order valence-electron chi connectivity index (χ1n) is 18.4. The second-order valence-electron chi connectivity index (χ2n) is 14.7. The molecule has 2 aromatic heterocycles. The van der Waals surface area contributed by atoms with Crippen molar-refractivity contribution in [3.05, 3.63) is 170 Å². The molecule has 0 N–H and O–H groups in total. The van der Waals surface area contributed by atoms with Crippen molar-refractivity contribution in [3.8, 4) is 27.9 Å². The number of benzene rings is 11. The Morgan fingerprint density at radius 3 is 1.17 bits per heavy atom. The third-order valence-electron chi connectivity index (χ3n) is 12.0. The van der Waals surface area contributed by atoms with Gasteiger partial charge in [-0.2, -0.15) is 0 Å². The SMILES string of the molecule is c1cncc(-n2c3ccc(-c4cc5ccc6cccc7ccc(c4)c5c67)c4ccc5c(-c6cc7ccc8cccc9ccc(c6)c7c89)ccc2c5c43)c1. The van der Waals surface area contributed by atoms with Crippen LogP contribution in [0.5, 0.6) is 0 Å². The van der Waals surface area contributed by atoms with E-state index < -0.39 is 0 Å². The van der Waals surface area contributed by atoms with Crippen LogP contribution in [-0.4, -0.2) is 9.55 Å². The Morgan fingerprint density at radius 2 is 0.755 bits per heavy atom. The van der Waals surface area contributed by atoms with E-state index in [9.17, 15) is 0 Å². The van der Waals surface area contributed by atoms with E-state index in [0.29, 0.717) is 0 Å². The van der Waals surface area contributed by atoms with Gasteiger partial charge in [-0.25, -0.2) is 0 Å². The highest BCUT2D eigenvalue weighted by atomic mass is 15.0. The van der Waals surface area contributed by atoms with Gasteiger partial charge in [-0.05, 0) is 146 Å². The molecule has 0 saturated heterocycles. The first-order valence-corrected chi connectivity index (χ1v) is 18.4. The minimum Gasteiger partial charge on any atom is -0.308 e. The van der Waals surface area contributed by atoms with Crippen molar-refractivity contribution in [2.45, 2.75) is 0 Å². The lowest BCUT2D eigenvalue weighted by atomic mass is 9.88. The van der Waals surface area contributed by atoms with Crippen molar-refractivity contribution < 1.29 is 0 Å². The third kappa shape index (κ3) is 3.60. The van der Waals surface area contributed by atoms with E-state index in [1.807, 2.05) is 18.5 Å². The maximum absolute atomic E-state index is 4.54. The largest absolute Gasteiger partial charge is 0.308 e. The van der Waals surface area contributed by atoms with Crippen LogP contribution in [0.1, 0.15) is 0 Å². The number of pyridine rings is 1. The summed E-state index contributed by atoms with van der Waals surface area (Å²) in [5.74, 6) is 0. The van der Waals surface area contributed by atoms with Gasteiger partial charge in [0, 0.05) is 17.0 Å². The molecule has 2 heterocycles. The molecule has 53 heavy (non-hydrogen) atoms. The molecule has 13 aromatic rings. The van der Waals surface area contributed by atoms with E-state index in [0.717, 1.165) is 5.69 Å². The van der Waals surface area contributed by atoms with Crippen LogP contribution in [0.25, 0.3) is 125 Å². The predicted octanol–water partition coefficient (Wildman–Crippen LogP) is 13.9. The second-order valence-corrected chi connectivity index (χ2v) is 14.7. The number of aromatic nitrogens is 2. The number of hydrogen-bond donors (Lipinski definition) is 0. The molecule has 0 spiro atoms. The van der Waals surface area contributed by atoms with E-state index >= 15 is 0 Å². The fourth-order valence-corrected chi connectivity index (χ4v) is 9.84. The topological polar surface area (TPSA) is 17.8 Å². The normalized spacial score (nSPS) is 12.5. The zero-order valence-electron chi connectivity index (χ0n) is 28.6. The van der Waals surface area contributed by atoms with Gasteiger partial charge < -0.3 is 4.57 Å². The molecule has 0 amide bonds. The molecule has 0 fully saturated rings. The predicted molar refractivity (Wildman–Crippen MR) is 226 cm³/mol. The minimum absolute atomic E-state index is 1.07. The minimum atomic E-state index is 1.07. The Balaban J connectivity index is 1.10. The molecule has 242 valence electrons. The zero-order valence-corrected chi connectivity index (χ0v) is 28.6. The van der Waals surface area contributed by atoms with Gasteiger partial charge in [0.2, 0.25) is 0 Å². The Bertz CT molecular complexity index is 3260. The van der Waals surface area contributed by atoms with Crippen LogP contribution < -0.4 is 0 Å². The number of hydrogen-bond acceptors (Lipinski definition) is 1. The molecule has 0 saturated carbocycles. The van der Waals surface area contributed by atoms with Gasteiger partial charge in [-0.15, -0.1) is 0 Å². The Hall–Kier alpha value is -7.03. The fourth-order valence-electron chi connectivity index (χ4n) is 9.84. The molecule has 2 heteroatoms. The van der Waals surface area contributed by atoms with E-state index in [4.69, 9.17) is 0 Å².